The number of rotatable bonds is 17. The standard InChI is InChI=1S/C20H36N6O8/c1-10(2)7-13(25-17(30)11(22)8-15(23)27)18(31)26-14(9-16(28)29)19(32)24-12(20(33)34)5-3-4-6-21/h10-14H,3-9,21-22H2,1-2H3,(H2,23,27)(H,24,32)(H,25,30)(H,26,31)(H,28,29)(H,33,34). The molecule has 14 heteroatoms. The van der Waals surface area contributed by atoms with Crippen LogP contribution in [0.3, 0.4) is 0 Å². The Bertz CT molecular complexity index is 745. The van der Waals surface area contributed by atoms with Gasteiger partial charge in [-0.15, -0.1) is 0 Å². The molecule has 0 aliphatic carbocycles. The van der Waals surface area contributed by atoms with Crippen LogP contribution < -0.4 is 33.2 Å². The van der Waals surface area contributed by atoms with E-state index in [0.29, 0.717) is 19.4 Å². The van der Waals surface area contributed by atoms with Crippen molar-refractivity contribution in [2.24, 2.45) is 23.1 Å². The Kier molecular flexibility index (Phi) is 14.1. The molecule has 4 amide bonds. The van der Waals surface area contributed by atoms with Gasteiger partial charge in [0.05, 0.1) is 18.9 Å². The number of nitrogens with one attached hydrogen (secondary N) is 3. The second-order valence-electron chi connectivity index (χ2n) is 8.31. The summed E-state index contributed by atoms with van der Waals surface area (Å²) in [6.07, 6.45) is -0.154. The second-order valence-corrected chi connectivity index (χ2v) is 8.31. The van der Waals surface area contributed by atoms with Crippen molar-refractivity contribution >= 4 is 35.6 Å². The quantitative estimate of drug-likeness (QED) is 0.0988. The van der Waals surface area contributed by atoms with Gasteiger partial charge in [-0.1, -0.05) is 13.8 Å². The molecule has 0 aromatic heterocycles. The summed E-state index contributed by atoms with van der Waals surface area (Å²) in [6.45, 7) is 3.86. The van der Waals surface area contributed by atoms with Gasteiger partial charge in [0.25, 0.3) is 0 Å². The van der Waals surface area contributed by atoms with Crippen molar-refractivity contribution in [3.05, 3.63) is 0 Å². The number of unbranched alkanes of at least 4 members (excludes halogenated alkanes) is 1. The molecular weight excluding hydrogens is 452 g/mol. The van der Waals surface area contributed by atoms with Crippen LogP contribution in [0.2, 0.25) is 0 Å². The molecule has 0 aromatic rings. The zero-order valence-corrected chi connectivity index (χ0v) is 19.4. The Labute approximate surface area is 197 Å². The highest BCUT2D eigenvalue weighted by atomic mass is 16.4. The van der Waals surface area contributed by atoms with Crippen molar-refractivity contribution in [2.75, 3.05) is 6.54 Å². The van der Waals surface area contributed by atoms with Crippen LogP contribution in [0.15, 0.2) is 0 Å². The van der Waals surface area contributed by atoms with Crippen molar-refractivity contribution in [1.29, 1.82) is 0 Å². The number of carboxylic acid groups (broad SMARTS) is 2. The zero-order valence-electron chi connectivity index (χ0n) is 19.4. The van der Waals surface area contributed by atoms with Gasteiger partial charge < -0.3 is 43.4 Å². The number of carbonyl (C=O) groups is 6. The third-order valence-corrected chi connectivity index (χ3v) is 4.67. The van der Waals surface area contributed by atoms with Gasteiger partial charge in [0, 0.05) is 0 Å². The summed E-state index contributed by atoms with van der Waals surface area (Å²) in [4.78, 5) is 71.4. The molecule has 0 bridgehead atoms. The van der Waals surface area contributed by atoms with Gasteiger partial charge in [0.15, 0.2) is 0 Å². The minimum Gasteiger partial charge on any atom is -0.481 e. The van der Waals surface area contributed by atoms with E-state index in [1.165, 1.54) is 0 Å². The van der Waals surface area contributed by atoms with Gasteiger partial charge in [0.2, 0.25) is 23.6 Å². The van der Waals surface area contributed by atoms with E-state index < -0.39 is 72.6 Å². The van der Waals surface area contributed by atoms with Crippen LogP contribution in [0, 0.1) is 5.92 Å². The fourth-order valence-electron chi connectivity index (χ4n) is 2.97. The molecule has 14 nitrogen and oxygen atoms in total. The first-order chi connectivity index (χ1) is 15.8. The van der Waals surface area contributed by atoms with E-state index in [1.807, 2.05) is 0 Å². The molecule has 0 aliphatic heterocycles. The van der Waals surface area contributed by atoms with Gasteiger partial charge in [-0.05, 0) is 38.1 Å². The summed E-state index contributed by atoms with van der Waals surface area (Å²) in [5, 5.41) is 25.3. The lowest BCUT2D eigenvalue weighted by Crippen LogP contribution is -2.57. The van der Waals surface area contributed by atoms with Crippen LogP contribution in [0.4, 0.5) is 0 Å². The summed E-state index contributed by atoms with van der Waals surface area (Å²) in [5.41, 5.74) is 16.0. The Morgan fingerprint density at radius 1 is 0.794 bits per heavy atom. The molecular formula is C20H36N6O8. The molecule has 34 heavy (non-hydrogen) atoms. The van der Waals surface area contributed by atoms with Crippen molar-refractivity contribution in [1.82, 2.24) is 16.0 Å². The Morgan fingerprint density at radius 3 is 1.79 bits per heavy atom. The monoisotopic (exact) mass is 488 g/mol. The maximum absolute atomic E-state index is 12.8. The van der Waals surface area contributed by atoms with Gasteiger partial charge >= 0.3 is 11.9 Å². The van der Waals surface area contributed by atoms with E-state index >= 15 is 0 Å². The predicted octanol–water partition coefficient (Wildman–Crippen LogP) is -2.62. The number of amides is 4. The zero-order chi connectivity index (χ0) is 26.4. The molecule has 0 rings (SSSR count). The van der Waals surface area contributed by atoms with Crippen LogP contribution in [-0.4, -0.2) is 76.5 Å². The lowest BCUT2D eigenvalue weighted by molar-refractivity contribution is -0.143. The highest BCUT2D eigenvalue weighted by molar-refractivity contribution is 5.96. The number of hydrogen-bond donors (Lipinski definition) is 8. The van der Waals surface area contributed by atoms with Crippen molar-refractivity contribution < 1.29 is 39.0 Å². The molecule has 0 aliphatic rings. The average Bonchev–Trinajstić information content (AvgIpc) is 2.70. The Hall–Kier alpha value is -3.26. The maximum Gasteiger partial charge on any atom is 0.326 e. The fraction of sp³-hybridized carbons (Fsp3) is 0.700. The summed E-state index contributed by atoms with van der Waals surface area (Å²) in [6, 6.07) is -5.41. The predicted molar refractivity (Wildman–Crippen MR) is 120 cm³/mol. The van der Waals surface area contributed by atoms with E-state index in [9.17, 15) is 33.9 Å². The molecule has 0 radical (unpaired) electrons. The molecule has 4 atom stereocenters. The first-order valence-corrected chi connectivity index (χ1v) is 10.9. The topological polar surface area (TPSA) is 257 Å². The molecule has 0 saturated carbocycles. The van der Waals surface area contributed by atoms with Crippen molar-refractivity contribution in [3.63, 3.8) is 0 Å². The highest BCUT2D eigenvalue weighted by Gasteiger charge is 2.32. The van der Waals surface area contributed by atoms with E-state index in [1.54, 1.807) is 13.8 Å². The summed E-state index contributed by atoms with van der Waals surface area (Å²) in [5.74, 6) is -6.35. The minimum atomic E-state index is -1.60. The summed E-state index contributed by atoms with van der Waals surface area (Å²) >= 11 is 0. The first-order valence-electron chi connectivity index (χ1n) is 10.9. The lowest BCUT2D eigenvalue weighted by Gasteiger charge is -2.25. The number of primary amides is 1. The van der Waals surface area contributed by atoms with Gasteiger partial charge in [-0.25, -0.2) is 4.79 Å². The number of carbonyl (C=O) groups excluding carboxylic acids is 4. The van der Waals surface area contributed by atoms with Crippen LogP contribution >= 0.6 is 0 Å². The third kappa shape index (κ3) is 12.7. The fourth-order valence-corrected chi connectivity index (χ4v) is 2.97. The largest absolute Gasteiger partial charge is 0.481 e. The van der Waals surface area contributed by atoms with Gasteiger partial charge in [0.1, 0.15) is 18.1 Å². The molecule has 0 heterocycles. The summed E-state index contributed by atoms with van der Waals surface area (Å²) in [7, 11) is 0. The average molecular weight is 489 g/mol. The number of nitrogens with two attached hydrogens (primary N) is 3. The molecule has 4 unspecified atom stereocenters. The molecule has 11 N–H and O–H groups in total. The SMILES string of the molecule is CC(C)CC(NC(=O)C(N)CC(N)=O)C(=O)NC(CC(=O)O)C(=O)NC(CCCCN)C(=O)O. The number of aliphatic carboxylic acids is 2. The normalized spacial score (nSPS) is 14.4. The van der Waals surface area contributed by atoms with E-state index in [4.69, 9.17) is 22.3 Å². The molecule has 0 spiro atoms. The van der Waals surface area contributed by atoms with Gasteiger partial charge in [-0.2, -0.15) is 0 Å². The molecule has 0 saturated heterocycles. The minimum absolute atomic E-state index is 0.0653. The van der Waals surface area contributed by atoms with Crippen molar-refractivity contribution in [3.8, 4) is 0 Å². The highest BCUT2D eigenvalue weighted by Crippen LogP contribution is 2.08. The molecule has 0 aromatic carbocycles. The Balaban J connectivity index is 5.48. The van der Waals surface area contributed by atoms with E-state index in [0.717, 1.165) is 0 Å². The molecule has 0 fully saturated rings. The maximum atomic E-state index is 12.8. The van der Waals surface area contributed by atoms with Crippen LogP contribution in [-0.2, 0) is 28.8 Å². The van der Waals surface area contributed by atoms with Crippen molar-refractivity contribution in [2.45, 2.75) is 76.5 Å². The van der Waals surface area contributed by atoms with Crippen LogP contribution in [0.5, 0.6) is 0 Å². The number of carboxylic acids is 2. The first kappa shape index (κ1) is 30.7. The van der Waals surface area contributed by atoms with Crippen LogP contribution in [0.1, 0.15) is 52.4 Å². The number of hydrogen-bond acceptors (Lipinski definition) is 8. The molecule has 194 valence electrons. The Morgan fingerprint density at radius 2 is 1.32 bits per heavy atom. The smallest absolute Gasteiger partial charge is 0.326 e. The van der Waals surface area contributed by atoms with Crippen LogP contribution in [0.25, 0.3) is 0 Å². The van der Waals surface area contributed by atoms with E-state index in [-0.39, 0.29) is 18.8 Å². The van der Waals surface area contributed by atoms with Gasteiger partial charge in [-0.3, -0.25) is 24.0 Å². The van der Waals surface area contributed by atoms with E-state index in [2.05, 4.69) is 16.0 Å². The lowest BCUT2D eigenvalue weighted by atomic mass is 10.0. The third-order valence-electron chi connectivity index (χ3n) is 4.67. The second kappa shape index (κ2) is 15.6. The summed E-state index contributed by atoms with van der Waals surface area (Å²) < 4.78 is 0.